The Morgan fingerprint density at radius 2 is 1.31 bits per heavy atom. The van der Waals surface area contributed by atoms with E-state index in [-0.39, 0.29) is 24.3 Å². The standard InChI is InChI=1S/C40H59O10PSi/c1-27(2)52(28(3)4,29(5)6)50-35-23-24-37(49-51(41,47-30-17-13-11-14-18-30)48-31-19-15-12-16-20-31)43-36-25-39(9)34(46-40(35,36)10)22-21-32-33(45-39)26-42-38(7,8)44-32/h11-20,24,27-29,32-36H,21-23,25-26H2,1-10H3/t32-,33+,34+,35-,36+,39-,40-/m0/s1. The van der Waals surface area contributed by atoms with E-state index in [2.05, 4.69) is 55.4 Å². The van der Waals surface area contributed by atoms with Gasteiger partial charge in [-0.1, -0.05) is 77.9 Å². The van der Waals surface area contributed by atoms with Crippen molar-refractivity contribution in [1.29, 1.82) is 0 Å². The Bertz CT molecular complexity index is 1520. The van der Waals surface area contributed by atoms with Crippen LogP contribution in [0.4, 0.5) is 0 Å². The van der Waals surface area contributed by atoms with Crippen LogP contribution in [0.2, 0.25) is 16.6 Å². The molecule has 3 fully saturated rings. The van der Waals surface area contributed by atoms with Gasteiger partial charge in [-0.15, -0.1) is 0 Å². The summed E-state index contributed by atoms with van der Waals surface area (Å²) in [7, 11) is -6.77. The van der Waals surface area contributed by atoms with Crippen LogP contribution in [0.15, 0.2) is 72.7 Å². The largest absolute Gasteiger partial charge is 0.649 e. The molecule has 0 saturated carbocycles. The molecular formula is C40H59O10PSi. The predicted molar refractivity (Wildman–Crippen MR) is 202 cm³/mol. The lowest BCUT2D eigenvalue weighted by Crippen LogP contribution is -2.67. The molecule has 0 amide bonds. The van der Waals surface area contributed by atoms with Crippen LogP contribution in [0.25, 0.3) is 0 Å². The third-order valence-electron chi connectivity index (χ3n) is 11.5. The van der Waals surface area contributed by atoms with Crippen molar-refractivity contribution < 1.29 is 46.2 Å². The molecule has 4 aliphatic rings. The monoisotopic (exact) mass is 758 g/mol. The molecule has 0 N–H and O–H groups in total. The minimum absolute atomic E-state index is 0.0339. The second kappa shape index (κ2) is 15.0. The highest BCUT2D eigenvalue weighted by atomic mass is 31.2. The summed E-state index contributed by atoms with van der Waals surface area (Å²) in [4.78, 5) is 0. The van der Waals surface area contributed by atoms with Gasteiger partial charge in [0.1, 0.15) is 29.3 Å². The molecule has 10 nitrogen and oxygen atoms in total. The van der Waals surface area contributed by atoms with Crippen LogP contribution >= 0.6 is 7.82 Å². The molecule has 12 heteroatoms. The Morgan fingerprint density at radius 3 is 1.87 bits per heavy atom. The van der Waals surface area contributed by atoms with Gasteiger partial charge >= 0.3 is 7.82 Å². The van der Waals surface area contributed by atoms with Gasteiger partial charge < -0.3 is 41.7 Å². The smallest absolute Gasteiger partial charge is 0.459 e. The Kier molecular flexibility index (Phi) is 11.4. The highest BCUT2D eigenvalue weighted by Crippen LogP contribution is 2.55. The van der Waals surface area contributed by atoms with Crippen LogP contribution in [-0.2, 0) is 37.2 Å². The maximum atomic E-state index is 14.6. The van der Waals surface area contributed by atoms with Crippen molar-refractivity contribution in [2.75, 3.05) is 6.61 Å². The summed E-state index contributed by atoms with van der Waals surface area (Å²) < 4.78 is 73.9. The highest BCUT2D eigenvalue weighted by molar-refractivity contribution is 7.49. The number of fused-ring (bicyclic) bond motifs is 3. The number of para-hydroxylation sites is 2. The van der Waals surface area contributed by atoms with E-state index in [0.29, 0.717) is 47.6 Å². The van der Waals surface area contributed by atoms with Crippen LogP contribution in [0, 0.1) is 0 Å². The summed E-state index contributed by atoms with van der Waals surface area (Å²) in [6.07, 6.45) is 2.55. The van der Waals surface area contributed by atoms with Gasteiger partial charge in [0.15, 0.2) is 5.79 Å². The topological polar surface area (TPSA) is 100 Å². The molecule has 4 aliphatic heterocycles. The molecule has 0 radical (unpaired) electrons. The number of hydrogen-bond acceptors (Lipinski definition) is 10. The van der Waals surface area contributed by atoms with Crippen molar-refractivity contribution in [3.8, 4) is 11.5 Å². The van der Waals surface area contributed by atoms with E-state index in [4.69, 9.17) is 41.7 Å². The van der Waals surface area contributed by atoms with E-state index in [1.54, 1.807) is 48.5 Å². The van der Waals surface area contributed by atoms with Crippen molar-refractivity contribution in [3.63, 3.8) is 0 Å². The van der Waals surface area contributed by atoms with Gasteiger partial charge in [0.25, 0.3) is 5.95 Å². The van der Waals surface area contributed by atoms with E-state index in [9.17, 15) is 4.57 Å². The Balaban J connectivity index is 1.37. The first-order valence-corrected chi connectivity index (χ1v) is 22.6. The van der Waals surface area contributed by atoms with E-state index < -0.39 is 45.3 Å². The number of phosphoric ester groups is 1. The van der Waals surface area contributed by atoms with E-state index in [0.717, 1.165) is 12.8 Å². The fourth-order valence-corrected chi connectivity index (χ4v) is 15.8. The summed E-state index contributed by atoms with van der Waals surface area (Å²) in [6, 6.07) is 17.7. The van der Waals surface area contributed by atoms with Gasteiger partial charge in [0, 0.05) is 12.8 Å². The maximum Gasteiger partial charge on any atom is 0.649 e. The second-order valence-corrected chi connectivity index (χ2v) is 23.4. The third kappa shape index (κ3) is 8.02. The van der Waals surface area contributed by atoms with Crippen LogP contribution in [-0.4, -0.2) is 62.4 Å². The summed E-state index contributed by atoms with van der Waals surface area (Å²) in [5.74, 6) is 0.0177. The first kappa shape index (κ1) is 39.3. The van der Waals surface area contributed by atoms with Crippen molar-refractivity contribution in [1.82, 2.24) is 0 Å². The molecule has 52 heavy (non-hydrogen) atoms. The van der Waals surface area contributed by atoms with Crippen LogP contribution in [0.1, 0.15) is 94.9 Å². The number of phosphoric acid groups is 1. The first-order chi connectivity index (χ1) is 24.5. The lowest BCUT2D eigenvalue weighted by atomic mass is 9.77. The SMILES string of the molecule is CC(C)[Si](O[C@H]1CC=C(OP(=O)(Oc2ccccc2)Oc2ccccc2)O[C@@H]2C[C@]3(C)O[C@@H]4COC(C)(C)O[C@H]4CC[C@H]3O[C@@]12C)(C(C)C)C(C)C. The van der Waals surface area contributed by atoms with Crippen LogP contribution in [0.3, 0.4) is 0 Å². The summed E-state index contributed by atoms with van der Waals surface area (Å²) in [6.45, 7) is 22.2. The minimum atomic E-state index is -4.34. The fraction of sp³-hybridized carbons (Fsp3) is 0.650. The van der Waals surface area contributed by atoms with E-state index in [1.165, 1.54) is 0 Å². The molecule has 2 aromatic rings. The molecule has 0 aromatic heterocycles. The van der Waals surface area contributed by atoms with Gasteiger partial charge in [0.05, 0.1) is 30.5 Å². The lowest BCUT2D eigenvalue weighted by molar-refractivity contribution is -0.336. The lowest BCUT2D eigenvalue weighted by Gasteiger charge is -2.56. The van der Waals surface area contributed by atoms with Crippen molar-refractivity contribution >= 4 is 16.1 Å². The molecule has 0 bridgehead atoms. The van der Waals surface area contributed by atoms with Gasteiger partial charge in [-0.05, 0) is 87.5 Å². The second-order valence-electron chi connectivity index (χ2n) is 16.5. The Labute approximate surface area is 311 Å². The molecule has 3 saturated heterocycles. The van der Waals surface area contributed by atoms with Gasteiger partial charge in [-0.2, -0.15) is 4.57 Å². The van der Waals surface area contributed by atoms with E-state index >= 15 is 0 Å². The van der Waals surface area contributed by atoms with Crippen LogP contribution in [0.5, 0.6) is 11.5 Å². The van der Waals surface area contributed by atoms with Crippen LogP contribution < -0.4 is 9.05 Å². The number of rotatable bonds is 11. The number of ether oxygens (including phenoxy) is 5. The van der Waals surface area contributed by atoms with Gasteiger partial charge in [-0.3, -0.25) is 0 Å². The molecule has 0 aliphatic carbocycles. The normalized spacial score (nSPS) is 32.0. The first-order valence-electron chi connectivity index (χ1n) is 19.0. The number of hydrogen-bond donors (Lipinski definition) is 0. The molecule has 0 unspecified atom stereocenters. The van der Waals surface area contributed by atoms with Crippen molar-refractivity contribution in [2.24, 2.45) is 0 Å². The molecule has 0 spiro atoms. The molecule has 7 atom stereocenters. The maximum absolute atomic E-state index is 14.6. The Morgan fingerprint density at radius 1 is 0.731 bits per heavy atom. The number of benzene rings is 2. The summed E-state index contributed by atoms with van der Waals surface area (Å²) in [5.41, 5.74) is -0.629. The molecule has 6 rings (SSSR count). The zero-order valence-electron chi connectivity index (χ0n) is 32.5. The third-order valence-corrected chi connectivity index (χ3v) is 18.8. The van der Waals surface area contributed by atoms with Gasteiger partial charge in [-0.25, -0.2) is 0 Å². The summed E-state index contributed by atoms with van der Waals surface area (Å²) in [5, 5.41) is 0. The average Bonchev–Trinajstić information content (AvgIpc) is 3.27. The molecular weight excluding hydrogens is 699 g/mol. The zero-order chi connectivity index (χ0) is 37.5. The molecule has 288 valence electrons. The van der Waals surface area contributed by atoms with Crippen molar-refractivity contribution in [3.05, 3.63) is 72.7 Å². The minimum Gasteiger partial charge on any atom is -0.459 e. The molecule has 2 aromatic carbocycles. The average molecular weight is 759 g/mol. The molecule has 4 heterocycles. The Hall–Kier alpha value is -2.37. The summed E-state index contributed by atoms with van der Waals surface area (Å²) >= 11 is 0. The highest BCUT2D eigenvalue weighted by Gasteiger charge is 2.62. The van der Waals surface area contributed by atoms with Crippen molar-refractivity contribution in [2.45, 2.75) is 159 Å². The predicted octanol–water partition coefficient (Wildman–Crippen LogP) is 10.1. The quantitative estimate of drug-likeness (QED) is 0.163. The fourth-order valence-electron chi connectivity index (χ4n) is 8.91. The van der Waals surface area contributed by atoms with E-state index in [1.807, 2.05) is 32.1 Å². The zero-order valence-corrected chi connectivity index (χ0v) is 34.4. The van der Waals surface area contributed by atoms with Gasteiger partial charge in [0.2, 0.25) is 8.32 Å².